The average Bonchev–Trinajstić information content (AvgIpc) is 2.22. The lowest BCUT2D eigenvalue weighted by molar-refractivity contribution is -0.168. The van der Waals surface area contributed by atoms with Gasteiger partial charge in [0.05, 0.1) is 0 Å². The highest BCUT2D eigenvalue weighted by Crippen LogP contribution is 2.41. The van der Waals surface area contributed by atoms with Crippen molar-refractivity contribution < 1.29 is 19.4 Å². The average molecular weight is 283 g/mol. The zero-order valence-electron chi connectivity index (χ0n) is 13.2. The Morgan fingerprint density at radius 2 is 1.95 bits per heavy atom. The number of ether oxygens (including phenoxy) is 1. The number of hydrogen-bond acceptors (Lipinski definition) is 3. The molecule has 114 valence electrons. The lowest BCUT2D eigenvalue weighted by atomic mass is 9.72. The molecule has 1 rings (SSSR count). The Morgan fingerprint density at radius 1 is 1.40 bits per heavy atom. The van der Waals surface area contributed by atoms with E-state index in [0.29, 0.717) is 13.0 Å². The summed E-state index contributed by atoms with van der Waals surface area (Å²) < 4.78 is 5.31. The number of carboxylic acid groups (broad SMARTS) is 1. The molecular weight excluding hydrogens is 258 g/mol. The third kappa shape index (κ3) is 3.14. The van der Waals surface area contributed by atoms with Crippen LogP contribution in [0.2, 0.25) is 0 Å². The van der Waals surface area contributed by atoms with Crippen molar-refractivity contribution in [3.8, 4) is 0 Å². The molecule has 1 N–H and O–H groups in total. The predicted octanol–water partition coefficient (Wildman–Crippen LogP) is 3.05. The first-order chi connectivity index (χ1) is 9.00. The Morgan fingerprint density at radius 3 is 2.30 bits per heavy atom. The van der Waals surface area contributed by atoms with Crippen LogP contribution < -0.4 is 0 Å². The molecule has 5 heteroatoms. The molecule has 0 saturated carbocycles. The molecule has 0 aromatic heterocycles. The minimum atomic E-state index is -1.18. The number of hydrogen-bond donors (Lipinski definition) is 1. The van der Waals surface area contributed by atoms with E-state index in [1.54, 1.807) is 20.8 Å². The third-order valence-corrected chi connectivity index (χ3v) is 3.56. The van der Waals surface area contributed by atoms with Crippen molar-refractivity contribution in [2.75, 3.05) is 6.54 Å². The molecule has 1 aliphatic rings. The highest BCUT2D eigenvalue weighted by atomic mass is 16.6. The van der Waals surface area contributed by atoms with E-state index in [1.165, 1.54) is 4.90 Å². The molecule has 0 aromatic rings. The fourth-order valence-electron chi connectivity index (χ4n) is 2.38. The van der Waals surface area contributed by atoms with Gasteiger partial charge in [0.25, 0.3) is 0 Å². The van der Waals surface area contributed by atoms with Crippen molar-refractivity contribution in [1.29, 1.82) is 0 Å². The van der Waals surface area contributed by atoms with Crippen LogP contribution in [0.25, 0.3) is 0 Å². The summed E-state index contributed by atoms with van der Waals surface area (Å²) in [6.45, 7) is 11.4. The first-order valence-electron chi connectivity index (χ1n) is 6.88. The quantitative estimate of drug-likeness (QED) is 0.808. The van der Waals surface area contributed by atoms with Gasteiger partial charge in [0, 0.05) is 18.9 Å². The fraction of sp³-hybridized carbons (Fsp3) is 0.733. The topological polar surface area (TPSA) is 66.8 Å². The first kappa shape index (κ1) is 16.5. The SMILES string of the molecule is CC(C)=CCC1(C(=O)O)C(C)CN1C(=O)OC(C)(C)C. The van der Waals surface area contributed by atoms with Crippen LogP contribution >= 0.6 is 0 Å². The second-order valence-electron chi connectivity index (χ2n) is 6.71. The molecule has 1 amide bonds. The van der Waals surface area contributed by atoms with E-state index in [4.69, 9.17) is 4.74 Å². The van der Waals surface area contributed by atoms with Crippen LogP contribution in [0, 0.1) is 5.92 Å². The maximum absolute atomic E-state index is 12.2. The van der Waals surface area contributed by atoms with Crippen molar-refractivity contribution in [3.05, 3.63) is 11.6 Å². The van der Waals surface area contributed by atoms with Gasteiger partial charge in [-0.2, -0.15) is 0 Å². The molecule has 0 aromatic carbocycles. The maximum atomic E-state index is 12.2. The molecule has 1 saturated heterocycles. The van der Waals surface area contributed by atoms with Crippen LogP contribution in [-0.4, -0.2) is 39.8 Å². The Bertz CT molecular complexity index is 432. The molecule has 0 radical (unpaired) electrons. The molecule has 20 heavy (non-hydrogen) atoms. The Balaban J connectivity index is 2.99. The van der Waals surface area contributed by atoms with Gasteiger partial charge in [-0.05, 0) is 34.6 Å². The van der Waals surface area contributed by atoms with E-state index >= 15 is 0 Å². The van der Waals surface area contributed by atoms with Gasteiger partial charge in [-0.1, -0.05) is 18.6 Å². The zero-order chi connectivity index (χ0) is 15.7. The molecule has 2 atom stereocenters. The number of carbonyl (C=O) groups excluding carboxylic acids is 1. The van der Waals surface area contributed by atoms with E-state index in [0.717, 1.165) is 5.57 Å². The molecule has 1 aliphatic heterocycles. The second kappa shape index (κ2) is 5.46. The molecule has 0 bridgehead atoms. The summed E-state index contributed by atoms with van der Waals surface area (Å²) in [6, 6.07) is 0. The van der Waals surface area contributed by atoms with Gasteiger partial charge in [0.1, 0.15) is 5.60 Å². The molecule has 1 heterocycles. The number of nitrogens with zero attached hydrogens (tertiary/aromatic N) is 1. The lowest BCUT2D eigenvalue weighted by Crippen LogP contribution is -2.72. The molecule has 0 aliphatic carbocycles. The minimum absolute atomic E-state index is 0.0943. The predicted molar refractivity (Wildman–Crippen MR) is 76.5 cm³/mol. The normalized spacial score (nSPS) is 25.7. The standard InChI is InChI=1S/C15H25NO4/c1-10(2)7-8-15(12(17)18)11(3)9-16(15)13(19)20-14(4,5)6/h7,11H,8-9H2,1-6H3,(H,17,18). The van der Waals surface area contributed by atoms with Gasteiger partial charge in [0.2, 0.25) is 0 Å². The van der Waals surface area contributed by atoms with Gasteiger partial charge < -0.3 is 9.84 Å². The van der Waals surface area contributed by atoms with Crippen LogP contribution in [0.4, 0.5) is 4.79 Å². The monoisotopic (exact) mass is 283 g/mol. The van der Waals surface area contributed by atoms with E-state index in [-0.39, 0.29) is 5.92 Å². The highest BCUT2D eigenvalue weighted by Gasteiger charge is 2.59. The number of carboxylic acids is 1. The van der Waals surface area contributed by atoms with Crippen molar-refractivity contribution in [1.82, 2.24) is 4.90 Å². The van der Waals surface area contributed by atoms with Gasteiger partial charge in [0.15, 0.2) is 5.54 Å². The summed E-state index contributed by atoms with van der Waals surface area (Å²) in [4.78, 5) is 25.2. The number of rotatable bonds is 3. The first-order valence-corrected chi connectivity index (χ1v) is 6.88. The van der Waals surface area contributed by atoms with Gasteiger partial charge in [-0.25, -0.2) is 9.59 Å². The van der Waals surface area contributed by atoms with Crippen LogP contribution in [0.15, 0.2) is 11.6 Å². The van der Waals surface area contributed by atoms with Crippen molar-refractivity contribution in [2.24, 2.45) is 5.92 Å². The summed E-state index contributed by atoms with van der Waals surface area (Å²) in [5.41, 5.74) is -0.773. The number of amides is 1. The van der Waals surface area contributed by atoms with Crippen LogP contribution in [0.5, 0.6) is 0 Å². The summed E-state index contributed by atoms with van der Waals surface area (Å²) in [5.74, 6) is -1.07. The van der Waals surface area contributed by atoms with Crippen LogP contribution in [-0.2, 0) is 9.53 Å². The Kier molecular flexibility index (Phi) is 4.52. The summed E-state index contributed by atoms with van der Waals surface area (Å²) in [5, 5.41) is 9.61. The maximum Gasteiger partial charge on any atom is 0.411 e. The molecular formula is C15H25NO4. The lowest BCUT2D eigenvalue weighted by Gasteiger charge is -2.54. The number of aliphatic carboxylic acids is 1. The van der Waals surface area contributed by atoms with Gasteiger partial charge >= 0.3 is 12.1 Å². The minimum Gasteiger partial charge on any atom is -0.479 e. The largest absolute Gasteiger partial charge is 0.479 e. The molecule has 1 fully saturated rings. The van der Waals surface area contributed by atoms with E-state index in [9.17, 15) is 14.7 Å². The summed E-state index contributed by atoms with van der Waals surface area (Å²) in [6.07, 6.45) is 1.62. The van der Waals surface area contributed by atoms with Crippen LogP contribution in [0.1, 0.15) is 48.0 Å². The van der Waals surface area contributed by atoms with E-state index in [1.807, 2.05) is 26.8 Å². The Hall–Kier alpha value is -1.52. The van der Waals surface area contributed by atoms with Crippen molar-refractivity contribution in [2.45, 2.75) is 59.1 Å². The summed E-state index contributed by atoms with van der Waals surface area (Å²) >= 11 is 0. The third-order valence-electron chi connectivity index (χ3n) is 3.56. The number of allylic oxidation sites excluding steroid dienone is 1. The van der Waals surface area contributed by atoms with Gasteiger partial charge in [-0.3, -0.25) is 4.90 Å². The van der Waals surface area contributed by atoms with Crippen molar-refractivity contribution in [3.63, 3.8) is 0 Å². The van der Waals surface area contributed by atoms with E-state index in [2.05, 4.69) is 0 Å². The Labute approximate surface area is 120 Å². The summed E-state index contributed by atoms with van der Waals surface area (Å²) in [7, 11) is 0. The fourth-order valence-corrected chi connectivity index (χ4v) is 2.38. The molecule has 2 unspecified atom stereocenters. The number of carbonyl (C=O) groups is 2. The van der Waals surface area contributed by atoms with E-state index < -0.39 is 23.2 Å². The van der Waals surface area contributed by atoms with Crippen LogP contribution in [0.3, 0.4) is 0 Å². The van der Waals surface area contributed by atoms with Gasteiger partial charge in [-0.15, -0.1) is 0 Å². The van der Waals surface area contributed by atoms with Crippen molar-refractivity contribution >= 4 is 12.1 Å². The molecule has 0 spiro atoms. The smallest absolute Gasteiger partial charge is 0.411 e. The second-order valence-corrected chi connectivity index (χ2v) is 6.71. The number of likely N-dealkylation sites (tertiary alicyclic amines) is 1. The zero-order valence-corrected chi connectivity index (χ0v) is 13.2. The molecule has 5 nitrogen and oxygen atoms in total. The highest BCUT2D eigenvalue weighted by molar-refractivity contribution is 5.87.